The summed E-state index contributed by atoms with van der Waals surface area (Å²) in [5.74, 6) is 0. The Bertz CT molecular complexity index is 880. The number of nitrogens with one attached hydrogen (secondary N) is 1. The van der Waals surface area contributed by atoms with Crippen molar-refractivity contribution in [3.63, 3.8) is 0 Å². The van der Waals surface area contributed by atoms with Crippen LogP contribution >= 0.6 is 0 Å². The first-order chi connectivity index (χ1) is 11.4. The molecule has 0 aliphatic rings. The number of nitrogens with zero attached hydrogens (tertiary/aromatic N) is 4. The number of aromatic nitrogens is 4. The first-order valence-electron chi connectivity index (χ1n) is 7.39. The molecule has 6 heteroatoms. The summed E-state index contributed by atoms with van der Waals surface area (Å²) in [5.41, 5.74) is 3.23. The average molecular weight is 368 g/mol. The maximum atomic E-state index is 4.62. The number of hydrogen-bond acceptors (Lipinski definition) is 4. The molecule has 4 rings (SSSR count). The van der Waals surface area contributed by atoms with Crippen LogP contribution in [-0.4, -0.2) is 34.5 Å². The number of fused-ring (bicyclic) bond motifs is 1. The fourth-order valence-electron chi connectivity index (χ4n) is 2.38. The monoisotopic (exact) mass is 369 g/mol. The van der Waals surface area contributed by atoms with E-state index in [9.17, 15) is 0 Å². The van der Waals surface area contributed by atoms with Crippen LogP contribution in [0.1, 0.15) is 11.3 Å². The van der Waals surface area contributed by atoms with Gasteiger partial charge in [-0.3, -0.25) is 0 Å². The van der Waals surface area contributed by atoms with Crippen molar-refractivity contribution < 1.29 is 0 Å². The molecule has 0 aliphatic heterocycles. The van der Waals surface area contributed by atoms with E-state index in [4.69, 9.17) is 0 Å². The molecule has 0 spiro atoms. The van der Waals surface area contributed by atoms with Crippen molar-refractivity contribution in [3.8, 4) is 0 Å². The molecule has 0 saturated carbocycles. The Hall–Kier alpha value is -2.43. The molecule has 0 radical (unpaired) electrons. The van der Waals surface area contributed by atoms with E-state index in [1.165, 1.54) is 9.82 Å². The minimum atomic E-state index is 0.261. The van der Waals surface area contributed by atoms with E-state index < -0.39 is 0 Å². The summed E-state index contributed by atoms with van der Waals surface area (Å²) in [5, 5.41) is 11.8. The van der Waals surface area contributed by atoms with Gasteiger partial charge in [0.2, 0.25) is 0 Å². The van der Waals surface area contributed by atoms with Gasteiger partial charge in [-0.2, -0.15) is 0 Å². The van der Waals surface area contributed by atoms with Gasteiger partial charge in [0.1, 0.15) is 0 Å². The predicted octanol–water partition coefficient (Wildman–Crippen LogP) is 2.54. The third-order valence-electron chi connectivity index (χ3n) is 3.49. The Labute approximate surface area is 139 Å². The van der Waals surface area contributed by atoms with E-state index in [1.807, 2.05) is 35.1 Å². The summed E-state index contributed by atoms with van der Waals surface area (Å²) in [7, 11) is 0. The Morgan fingerprint density at radius 1 is 1.00 bits per heavy atom. The molecule has 2 heterocycles. The molecule has 0 fully saturated rings. The van der Waals surface area contributed by atoms with Crippen LogP contribution in [0.4, 0.5) is 4.69 Å². The van der Waals surface area contributed by atoms with Crippen molar-refractivity contribution in [1.82, 2.24) is 20.0 Å². The zero-order valence-electron chi connectivity index (χ0n) is 12.4. The van der Waals surface area contributed by atoms with Crippen LogP contribution in [0.2, 0.25) is 0 Å². The summed E-state index contributed by atoms with van der Waals surface area (Å²) in [6.07, 6.45) is 1.98. The van der Waals surface area contributed by atoms with Crippen molar-refractivity contribution in [1.29, 1.82) is 0 Å². The first-order valence-corrected chi connectivity index (χ1v) is 9.10. The summed E-state index contributed by atoms with van der Waals surface area (Å²) in [6, 6.07) is 18.6. The van der Waals surface area contributed by atoms with Crippen LogP contribution in [0.5, 0.6) is 0 Å². The quantitative estimate of drug-likeness (QED) is 0.550. The predicted molar refractivity (Wildman–Crippen MR) is 91.6 cm³/mol. The second-order valence-electron chi connectivity index (χ2n) is 5.23. The fourth-order valence-corrected chi connectivity index (χ4v) is 4.19. The Balaban J connectivity index is 1.41. The molecule has 0 amide bonds. The molecule has 0 atom stereocenters. The molecule has 4 aromatic rings. The molecule has 114 valence electrons. The number of anilines is 1. The molecule has 0 aliphatic carbocycles. The topological polar surface area (TPSA) is 55.6 Å². The van der Waals surface area contributed by atoms with Crippen LogP contribution in [0.15, 0.2) is 60.8 Å². The van der Waals surface area contributed by atoms with Gasteiger partial charge < -0.3 is 0 Å². The van der Waals surface area contributed by atoms with Crippen molar-refractivity contribution in [2.45, 2.75) is 13.1 Å². The number of hydrogen-bond donors (Lipinski definition) is 1. The van der Waals surface area contributed by atoms with E-state index in [2.05, 4.69) is 50.9 Å². The van der Waals surface area contributed by atoms with Crippen molar-refractivity contribution in [2.75, 3.05) is 5.32 Å². The van der Waals surface area contributed by atoms with Crippen LogP contribution < -0.4 is 5.32 Å². The zero-order chi connectivity index (χ0) is 15.5. The fraction of sp³-hybridized carbons (Fsp3) is 0.118. The third-order valence-corrected chi connectivity index (χ3v) is 5.57. The third kappa shape index (κ3) is 3.33. The van der Waals surface area contributed by atoms with Crippen molar-refractivity contribution in [3.05, 3.63) is 72.1 Å². The van der Waals surface area contributed by atoms with E-state index in [0.717, 1.165) is 22.4 Å². The Kier molecular flexibility index (Phi) is 3.92. The molecule has 23 heavy (non-hydrogen) atoms. The molecule has 1 N–H and O–H groups in total. The van der Waals surface area contributed by atoms with Crippen LogP contribution in [0, 0.1) is 0 Å². The molecule has 0 saturated heterocycles. The van der Waals surface area contributed by atoms with Gasteiger partial charge >= 0.3 is 139 Å². The molecule has 5 nitrogen and oxygen atoms in total. The molecular formula is C17H15N5Se. The van der Waals surface area contributed by atoms with E-state index in [1.54, 1.807) is 0 Å². The van der Waals surface area contributed by atoms with E-state index in [-0.39, 0.29) is 14.5 Å². The Morgan fingerprint density at radius 2 is 1.83 bits per heavy atom. The normalized spacial score (nSPS) is 11.0. The Morgan fingerprint density at radius 3 is 2.70 bits per heavy atom. The second kappa shape index (κ2) is 6.36. The van der Waals surface area contributed by atoms with Crippen molar-refractivity contribution >= 4 is 29.0 Å². The van der Waals surface area contributed by atoms with Gasteiger partial charge in [0.15, 0.2) is 0 Å². The van der Waals surface area contributed by atoms with Crippen molar-refractivity contribution in [2.24, 2.45) is 0 Å². The van der Waals surface area contributed by atoms with E-state index >= 15 is 0 Å². The van der Waals surface area contributed by atoms with Gasteiger partial charge in [-0.15, -0.1) is 0 Å². The molecule has 0 unspecified atom stereocenters. The van der Waals surface area contributed by atoms with Gasteiger partial charge in [0.05, 0.1) is 0 Å². The molecule has 0 bridgehead atoms. The summed E-state index contributed by atoms with van der Waals surface area (Å²) in [6.45, 7) is 1.40. The van der Waals surface area contributed by atoms with Gasteiger partial charge in [0, 0.05) is 0 Å². The number of benzene rings is 2. The summed E-state index contributed by atoms with van der Waals surface area (Å²) >= 11 is 0.261. The number of para-hydroxylation sites is 1. The van der Waals surface area contributed by atoms with Crippen LogP contribution in [0.25, 0.3) is 9.78 Å². The zero-order valence-corrected chi connectivity index (χ0v) is 14.1. The summed E-state index contributed by atoms with van der Waals surface area (Å²) in [4.78, 5) is 4.62. The average Bonchev–Trinajstić information content (AvgIpc) is 3.20. The van der Waals surface area contributed by atoms with Crippen LogP contribution in [0.3, 0.4) is 0 Å². The van der Waals surface area contributed by atoms with Gasteiger partial charge in [0.25, 0.3) is 0 Å². The SMILES string of the molecule is c1ccc(Cn2cc(CNc3nc4ccccc4[se]3)nn2)cc1. The standard InChI is InChI=1S/C17H15N5Se/c1-2-6-13(7-3-1)11-22-12-14(20-21-22)10-18-17-19-15-8-4-5-9-16(15)23-17/h1-9,12H,10-11H2,(H,18,19). The van der Waals surface area contributed by atoms with E-state index in [0.29, 0.717) is 6.54 Å². The minimum absolute atomic E-state index is 0.261. The second-order valence-corrected chi connectivity index (χ2v) is 7.40. The molecule has 2 aromatic carbocycles. The summed E-state index contributed by atoms with van der Waals surface area (Å²) < 4.78 is 4.24. The first kappa shape index (κ1) is 14.2. The maximum absolute atomic E-state index is 4.62. The molecule has 2 aromatic heterocycles. The van der Waals surface area contributed by atoms with Gasteiger partial charge in [-0.05, 0) is 0 Å². The van der Waals surface area contributed by atoms with Crippen LogP contribution in [-0.2, 0) is 13.1 Å². The number of rotatable bonds is 5. The molecular weight excluding hydrogens is 353 g/mol. The van der Waals surface area contributed by atoms with Gasteiger partial charge in [-0.1, -0.05) is 0 Å². The van der Waals surface area contributed by atoms with Gasteiger partial charge in [-0.25, -0.2) is 0 Å².